The summed E-state index contributed by atoms with van der Waals surface area (Å²) in [5, 5.41) is 0. The highest BCUT2D eigenvalue weighted by Gasteiger charge is 2.50. The first-order chi connectivity index (χ1) is 65.8. The van der Waals surface area contributed by atoms with Crippen molar-refractivity contribution in [3.63, 3.8) is 0 Å². The fourth-order valence-corrected chi connectivity index (χ4v) is 23.8. The van der Waals surface area contributed by atoms with E-state index in [1.165, 1.54) is 167 Å². The molecule has 5 aliphatic rings. The van der Waals surface area contributed by atoms with Crippen molar-refractivity contribution in [2.24, 2.45) is 5.92 Å². The van der Waals surface area contributed by atoms with Crippen LogP contribution in [0.5, 0.6) is 11.5 Å². The summed E-state index contributed by atoms with van der Waals surface area (Å²) in [5.74, 6) is 1.95. The van der Waals surface area contributed by atoms with Crippen molar-refractivity contribution in [3.8, 4) is 101 Å². The minimum Gasteiger partial charge on any atom is -0.458 e. The average molecular weight is 1740 g/mol. The van der Waals surface area contributed by atoms with E-state index < -0.39 is 0 Å². The maximum atomic E-state index is 8.47. The second-order valence-electron chi connectivity index (χ2n) is 38.5. The molecular formula is C128H106B2N4O. The minimum absolute atomic E-state index is 0.356. The third-order valence-corrected chi connectivity index (χ3v) is 29.8. The van der Waals surface area contributed by atoms with Crippen LogP contribution in [0.25, 0.3) is 94.6 Å². The molecule has 0 amide bonds. The van der Waals surface area contributed by atoms with Crippen LogP contribution >= 0.6 is 0 Å². The van der Waals surface area contributed by atoms with Crippen molar-refractivity contribution < 1.29 is 4.74 Å². The normalized spacial score (nSPS) is 13.7. The highest BCUT2D eigenvalue weighted by molar-refractivity contribution is 7.02. The van der Waals surface area contributed by atoms with E-state index in [9.17, 15) is 0 Å². The molecule has 23 rings (SSSR count). The van der Waals surface area contributed by atoms with E-state index in [-0.39, 0.29) is 13.4 Å². The van der Waals surface area contributed by atoms with E-state index in [2.05, 4.69) is 487 Å². The van der Waals surface area contributed by atoms with E-state index in [4.69, 9.17) is 4.74 Å². The molecule has 18 aromatic carbocycles. The summed E-state index contributed by atoms with van der Waals surface area (Å²) in [6.45, 7) is 31.0. The monoisotopic (exact) mass is 1740 g/mol. The Labute approximate surface area is 796 Å². The largest absolute Gasteiger partial charge is 0.458 e. The summed E-state index contributed by atoms with van der Waals surface area (Å²) >= 11 is 0. The zero-order chi connectivity index (χ0) is 92.0. The number of fused-ring (bicyclic) bond motifs is 8. The zero-order valence-electron chi connectivity index (χ0n) is 79.4. The first-order valence-electron chi connectivity index (χ1n) is 47.9. The van der Waals surface area contributed by atoms with E-state index >= 15 is 0 Å². The predicted molar refractivity (Wildman–Crippen MR) is 577 cm³/mol. The van der Waals surface area contributed by atoms with Gasteiger partial charge in [-0.2, -0.15) is 0 Å². The molecule has 135 heavy (non-hydrogen) atoms. The molecule has 650 valence electrons. The Morgan fingerprint density at radius 2 is 0.615 bits per heavy atom. The van der Waals surface area contributed by atoms with Gasteiger partial charge in [0.2, 0.25) is 0 Å². The molecular weight excluding hydrogens is 1630 g/mol. The van der Waals surface area contributed by atoms with Gasteiger partial charge in [0.15, 0.2) is 0 Å². The third kappa shape index (κ3) is 14.1. The van der Waals surface area contributed by atoms with E-state index in [1.807, 2.05) is 0 Å². The first-order valence-corrected chi connectivity index (χ1v) is 47.9. The van der Waals surface area contributed by atoms with Gasteiger partial charge in [0.1, 0.15) is 11.5 Å². The van der Waals surface area contributed by atoms with Gasteiger partial charge < -0.3 is 24.3 Å². The Morgan fingerprint density at radius 1 is 0.259 bits per heavy atom. The van der Waals surface area contributed by atoms with Crippen LogP contribution in [-0.2, 0) is 0 Å². The number of benzene rings is 18. The Morgan fingerprint density at radius 3 is 1.04 bits per heavy atom. The van der Waals surface area contributed by atoms with Crippen molar-refractivity contribution in [1.29, 1.82) is 0 Å². The first kappa shape index (κ1) is 83.9. The molecule has 0 saturated carbocycles. The highest BCUT2D eigenvalue weighted by atomic mass is 16.5. The van der Waals surface area contributed by atoms with Crippen LogP contribution in [0.15, 0.2) is 376 Å². The third-order valence-electron chi connectivity index (χ3n) is 29.8. The van der Waals surface area contributed by atoms with Crippen molar-refractivity contribution in [2.45, 2.75) is 103 Å². The number of anilines is 12. The van der Waals surface area contributed by atoms with Crippen LogP contribution in [0.3, 0.4) is 0 Å². The Kier molecular flexibility index (Phi) is 20.7. The molecule has 0 radical (unpaired) electrons. The highest BCUT2D eigenvalue weighted by Crippen LogP contribution is 2.56. The second-order valence-corrected chi connectivity index (χ2v) is 38.5. The minimum atomic E-state index is -0.386. The van der Waals surface area contributed by atoms with Gasteiger partial charge in [-0.15, -0.1) is 0 Å². The lowest BCUT2D eigenvalue weighted by molar-refractivity contribution is 0.488. The van der Waals surface area contributed by atoms with Crippen LogP contribution in [0, 0.1) is 89.0 Å². The van der Waals surface area contributed by atoms with E-state index in [0.29, 0.717) is 5.92 Å². The number of allylic oxidation sites excluding steroid dienone is 4. The smallest absolute Gasteiger partial charge is 0.256 e. The molecule has 0 bridgehead atoms. The number of aryl methyl sites for hydroxylation is 12. The van der Waals surface area contributed by atoms with Crippen LogP contribution in [0.2, 0.25) is 0 Å². The maximum Gasteiger partial charge on any atom is 0.256 e. The lowest BCUT2D eigenvalue weighted by Crippen LogP contribution is -2.64. The standard InChI is InChI=1S/C128H106B2N4O/c1-77-29-21-30-78(2)119(77)93-49-59-100(60-50-93)131(101-61-51-94(52-62-101)120-79(3)31-22-32-80(120)4)104-73-116-127-118(74-104)135-117-76-113-109(75-110(117)130(127)108-70-98(124-87(11)39-26-40-88(124)12)58-68-112(108)133(116)103-65-55-96(56-66-103)122-83(7)35-24-36-84(122)8)129-107-69-97(123-85(9)37-25-38-86(123)10)57-67-111(107)132(102-63-53-95(54-64-102)121-81(5)33-23-34-82(121)6)114-71-99(125-89(13)41-27-42-90(125)14)72-115(126(114)129)134(113)128-105(91-43-17-15-18-44-91)47-28-48-106(128)92-45-19-16-20-46-92/h15-31,33-76,80H,32H2,1-14H3. The van der Waals surface area contributed by atoms with Crippen LogP contribution in [0.1, 0.15) is 92.6 Å². The number of hydrogen-bond donors (Lipinski definition) is 0. The molecule has 1 unspecified atom stereocenters. The van der Waals surface area contributed by atoms with E-state index in [0.717, 1.165) is 125 Å². The maximum absolute atomic E-state index is 8.47. The summed E-state index contributed by atoms with van der Waals surface area (Å²) in [6, 6.07) is 137. The van der Waals surface area contributed by atoms with Gasteiger partial charge in [0.05, 0.1) is 11.4 Å². The zero-order valence-corrected chi connectivity index (χ0v) is 79.4. The quantitative estimate of drug-likeness (QED) is 0.0952. The number of nitrogens with zero attached hydrogens (tertiary/aromatic N) is 4. The van der Waals surface area contributed by atoms with Gasteiger partial charge in [-0.1, -0.05) is 286 Å². The molecule has 4 aliphatic heterocycles. The summed E-state index contributed by atoms with van der Waals surface area (Å²) < 4.78 is 8.47. The number of hydrogen-bond acceptors (Lipinski definition) is 5. The Hall–Kier alpha value is -15.4. The van der Waals surface area contributed by atoms with Gasteiger partial charge in [0.25, 0.3) is 13.4 Å². The van der Waals surface area contributed by atoms with Crippen molar-refractivity contribution >= 4 is 120 Å². The molecule has 4 heterocycles. The van der Waals surface area contributed by atoms with Gasteiger partial charge in [-0.25, -0.2) is 0 Å². The van der Waals surface area contributed by atoms with Gasteiger partial charge in [-0.05, 0) is 375 Å². The summed E-state index contributed by atoms with van der Waals surface area (Å²) in [4.78, 5) is 10.4. The molecule has 18 aromatic rings. The second kappa shape index (κ2) is 33.4. The molecule has 0 spiro atoms. The van der Waals surface area contributed by atoms with Gasteiger partial charge in [-0.3, -0.25) is 0 Å². The topological polar surface area (TPSA) is 22.2 Å². The fourth-order valence-electron chi connectivity index (χ4n) is 23.8. The molecule has 0 saturated heterocycles. The lowest BCUT2D eigenvalue weighted by atomic mass is 9.30. The predicted octanol–water partition coefficient (Wildman–Crippen LogP) is 31.1. The summed E-state index contributed by atoms with van der Waals surface area (Å²) in [7, 11) is 0. The number of rotatable bonds is 15. The molecule has 1 aliphatic carbocycles. The average Bonchev–Trinajstić information content (AvgIpc) is 0.680. The molecule has 0 aromatic heterocycles. The van der Waals surface area contributed by atoms with Crippen molar-refractivity contribution in [2.75, 3.05) is 19.6 Å². The molecule has 7 heteroatoms. The Bertz CT molecular complexity index is 7780. The van der Waals surface area contributed by atoms with Crippen molar-refractivity contribution in [1.82, 2.24) is 0 Å². The van der Waals surface area contributed by atoms with Crippen LogP contribution in [-0.4, -0.2) is 13.4 Å². The molecule has 5 nitrogen and oxygen atoms in total. The fraction of sp³-hybridized carbons (Fsp3) is 0.125. The molecule has 0 N–H and O–H groups in total. The van der Waals surface area contributed by atoms with E-state index in [1.54, 1.807) is 0 Å². The van der Waals surface area contributed by atoms with Crippen LogP contribution < -0.4 is 57.1 Å². The number of ether oxygens (including phenoxy) is 1. The molecule has 1 atom stereocenters. The SMILES string of the molecule is CC1=C(c2ccc(N(c3ccc(-c4c(C)cccc4C)cc3)c3cc4c5c(c3)N(c3ccc(-c6c(C)cccc6C)cc3)c3ccc(-c6c(C)cccc6C)cc3B5c3cc5c(cc3O4)N(c3c(-c4ccccc4)cccc3-c3ccccc3)c3cc(-c4c(C)cccc4C)cc4c3B5c3cc(-c5c(C)cccc5C)ccc3N4c3ccc(-c4c(C)cccc4C)cc3)cc2)C(C)CC=C1. The molecule has 0 fully saturated rings. The Balaban J connectivity index is 0.847. The van der Waals surface area contributed by atoms with Gasteiger partial charge >= 0.3 is 0 Å². The van der Waals surface area contributed by atoms with Crippen molar-refractivity contribution in [3.05, 3.63) is 448 Å². The number of para-hydroxylation sites is 1. The summed E-state index contributed by atoms with van der Waals surface area (Å²) in [6.07, 6.45) is 5.64. The van der Waals surface area contributed by atoms with Crippen LogP contribution in [0.4, 0.5) is 68.2 Å². The summed E-state index contributed by atoms with van der Waals surface area (Å²) in [5.41, 5.74) is 57.5. The lowest BCUT2D eigenvalue weighted by Gasteiger charge is -2.46. The van der Waals surface area contributed by atoms with Gasteiger partial charge in [0, 0.05) is 80.1 Å².